The average Bonchev–Trinajstić information content (AvgIpc) is 3.75. The zero-order chi connectivity index (χ0) is 32.0. The van der Waals surface area contributed by atoms with Gasteiger partial charge in [-0.1, -0.05) is 140 Å². The SMILES string of the molecule is CP(C)(=O)c1ccc(-c2cccc(C3(c4ccc(-c5nc(-c6ccccc6)nc(-c6ccccc6)n5)cc4)CC4CCC3C4)c2)cc1. The number of hydrogen-bond acceptors (Lipinski definition) is 4. The molecule has 0 aliphatic heterocycles. The third kappa shape index (κ3) is 5.55. The number of nitrogens with zero attached hydrogens (tertiary/aromatic N) is 3. The highest BCUT2D eigenvalue weighted by Gasteiger charge is 2.52. The Bertz CT molecular complexity index is 2030. The second-order valence-corrected chi connectivity index (χ2v) is 16.9. The van der Waals surface area contributed by atoms with Gasteiger partial charge >= 0.3 is 0 Å². The van der Waals surface area contributed by atoms with Gasteiger partial charge in [-0.25, -0.2) is 15.0 Å². The summed E-state index contributed by atoms with van der Waals surface area (Å²) in [6.45, 7) is 3.66. The predicted molar refractivity (Wildman–Crippen MR) is 193 cm³/mol. The van der Waals surface area contributed by atoms with E-state index in [1.54, 1.807) is 0 Å². The second-order valence-electron chi connectivity index (χ2n) is 13.6. The lowest BCUT2D eigenvalue weighted by atomic mass is 9.64. The van der Waals surface area contributed by atoms with E-state index in [2.05, 4.69) is 60.7 Å². The average molecular weight is 632 g/mol. The predicted octanol–water partition coefficient (Wildman–Crippen LogP) is 9.89. The highest BCUT2D eigenvalue weighted by Crippen LogP contribution is 2.60. The number of aromatic nitrogens is 3. The molecule has 5 heteroatoms. The van der Waals surface area contributed by atoms with Crippen LogP contribution in [0.15, 0.2) is 133 Å². The second kappa shape index (κ2) is 11.9. The Balaban J connectivity index is 1.19. The van der Waals surface area contributed by atoms with Crippen LogP contribution < -0.4 is 5.30 Å². The van der Waals surface area contributed by atoms with E-state index >= 15 is 0 Å². The van der Waals surface area contributed by atoms with Gasteiger partial charge in [-0.3, -0.25) is 0 Å². The quantitative estimate of drug-likeness (QED) is 0.165. The first-order valence-corrected chi connectivity index (χ1v) is 19.2. The van der Waals surface area contributed by atoms with E-state index in [9.17, 15) is 4.57 Å². The molecule has 2 aliphatic carbocycles. The summed E-state index contributed by atoms with van der Waals surface area (Å²) in [4.78, 5) is 14.8. The van der Waals surface area contributed by atoms with Gasteiger partial charge in [0.15, 0.2) is 17.5 Å². The highest BCUT2D eigenvalue weighted by molar-refractivity contribution is 7.70. The minimum absolute atomic E-state index is 0.0244. The number of benzene rings is 5. The third-order valence-corrected chi connectivity index (χ3v) is 11.9. The number of hydrogen-bond donors (Lipinski definition) is 0. The van der Waals surface area contributed by atoms with Crippen LogP contribution in [-0.2, 0) is 9.98 Å². The Kier molecular flexibility index (Phi) is 7.50. The fourth-order valence-electron chi connectivity index (χ4n) is 8.05. The van der Waals surface area contributed by atoms with Gasteiger partial charge in [0.25, 0.3) is 0 Å². The fraction of sp³-hybridized carbons (Fsp3) is 0.214. The van der Waals surface area contributed by atoms with Gasteiger partial charge in [0.1, 0.15) is 7.14 Å². The molecule has 232 valence electrons. The van der Waals surface area contributed by atoms with Crippen LogP contribution >= 0.6 is 7.14 Å². The molecule has 4 nitrogen and oxygen atoms in total. The molecule has 0 saturated heterocycles. The Morgan fingerprint density at radius 3 is 1.60 bits per heavy atom. The normalized spacial score (nSPS) is 20.4. The van der Waals surface area contributed by atoms with Crippen LogP contribution in [-0.4, -0.2) is 28.3 Å². The van der Waals surface area contributed by atoms with Gasteiger partial charge in [0.05, 0.1) is 0 Å². The van der Waals surface area contributed by atoms with E-state index in [1.165, 1.54) is 42.4 Å². The van der Waals surface area contributed by atoms with Crippen molar-refractivity contribution in [1.82, 2.24) is 15.0 Å². The van der Waals surface area contributed by atoms with E-state index < -0.39 is 7.14 Å². The molecule has 3 atom stereocenters. The molecule has 47 heavy (non-hydrogen) atoms. The van der Waals surface area contributed by atoms with Crippen LogP contribution in [0.2, 0.25) is 0 Å². The van der Waals surface area contributed by atoms with Crippen molar-refractivity contribution in [2.75, 3.05) is 13.3 Å². The van der Waals surface area contributed by atoms with E-state index in [0.717, 1.165) is 33.5 Å². The molecule has 0 radical (unpaired) electrons. The topological polar surface area (TPSA) is 55.7 Å². The van der Waals surface area contributed by atoms with Crippen molar-refractivity contribution in [2.24, 2.45) is 11.8 Å². The zero-order valence-electron chi connectivity index (χ0n) is 26.9. The molecule has 3 unspecified atom stereocenters. The van der Waals surface area contributed by atoms with Crippen LogP contribution in [0, 0.1) is 11.8 Å². The summed E-state index contributed by atoms with van der Waals surface area (Å²) in [6, 6.07) is 46.8. The van der Waals surface area contributed by atoms with E-state index in [0.29, 0.717) is 23.4 Å². The molecular formula is C42H38N3OP. The Hall–Kier alpha value is -4.66. The fourth-order valence-corrected chi connectivity index (χ4v) is 8.91. The lowest BCUT2D eigenvalue weighted by Crippen LogP contribution is -2.34. The van der Waals surface area contributed by atoms with Crippen LogP contribution in [0.3, 0.4) is 0 Å². The van der Waals surface area contributed by atoms with Gasteiger partial charge < -0.3 is 4.57 Å². The maximum absolute atomic E-state index is 12.6. The van der Waals surface area contributed by atoms with Gasteiger partial charge in [-0.05, 0) is 66.7 Å². The zero-order valence-corrected chi connectivity index (χ0v) is 27.8. The van der Waals surface area contributed by atoms with Gasteiger partial charge in [0, 0.05) is 27.4 Å². The Morgan fingerprint density at radius 2 is 1.09 bits per heavy atom. The van der Waals surface area contributed by atoms with E-state index in [4.69, 9.17) is 15.0 Å². The van der Waals surface area contributed by atoms with Crippen LogP contribution in [0.5, 0.6) is 0 Å². The molecule has 1 aromatic heterocycles. The molecule has 0 amide bonds. The molecular weight excluding hydrogens is 593 g/mol. The van der Waals surface area contributed by atoms with Crippen molar-refractivity contribution in [1.29, 1.82) is 0 Å². The van der Waals surface area contributed by atoms with Crippen LogP contribution in [0.25, 0.3) is 45.3 Å². The first-order chi connectivity index (χ1) is 22.9. The van der Waals surface area contributed by atoms with Crippen LogP contribution in [0.1, 0.15) is 36.8 Å². The minimum Gasteiger partial charge on any atom is -0.319 e. The maximum atomic E-state index is 12.6. The molecule has 0 spiro atoms. The standard InChI is InChI=1S/C42H38N3OP/c1-47(2,46)38-24-19-30(20-25-38)34-14-9-15-36(27-34)42(28-29-16-21-37(42)26-29)35-22-17-33(18-23-35)41-44-39(31-10-5-3-6-11-31)43-40(45-41)32-12-7-4-8-13-32/h3-15,17-20,22-25,27,29,37H,16,21,26,28H2,1-2H3. The molecule has 2 fully saturated rings. The molecule has 2 aliphatic rings. The molecule has 0 N–H and O–H groups in total. The minimum atomic E-state index is -2.29. The monoisotopic (exact) mass is 631 g/mol. The lowest BCUT2D eigenvalue weighted by Gasteiger charge is -2.39. The Labute approximate surface area is 277 Å². The molecule has 6 aromatic rings. The molecule has 2 bridgehead atoms. The van der Waals surface area contributed by atoms with Crippen LogP contribution in [0.4, 0.5) is 0 Å². The number of rotatable bonds is 7. The van der Waals surface area contributed by atoms with Gasteiger partial charge in [-0.2, -0.15) is 0 Å². The smallest absolute Gasteiger partial charge is 0.164 e. The summed E-state index contributed by atoms with van der Waals surface area (Å²) in [5, 5.41) is 0.923. The highest BCUT2D eigenvalue weighted by atomic mass is 31.2. The van der Waals surface area contributed by atoms with Crippen molar-refractivity contribution >= 4 is 12.4 Å². The summed E-state index contributed by atoms with van der Waals surface area (Å²) in [7, 11) is -2.29. The van der Waals surface area contributed by atoms with Crippen molar-refractivity contribution in [3.8, 4) is 45.3 Å². The summed E-state index contributed by atoms with van der Waals surface area (Å²) >= 11 is 0. The molecule has 5 aromatic carbocycles. The molecule has 8 rings (SSSR count). The summed E-state index contributed by atoms with van der Waals surface area (Å²) in [6.07, 6.45) is 5.06. The van der Waals surface area contributed by atoms with Crippen molar-refractivity contribution in [3.63, 3.8) is 0 Å². The third-order valence-electron chi connectivity index (χ3n) is 10.4. The van der Waals surface area contributed by atoms with E-state index in [1.807, 2.05) is 86.1 Å². The Morgan fingerprint density at radius 1 is 0.553 bits per heavy atom. The maximum Gasteiger partial charge on any atom is 0.164 e. The van der Waals surface area contributed by atoms with Gasteiger partial charge in [-0.15, -0.1) is 0 Å². The van der Waals surface area contributed by atoms with Crippen molar-refractivity contribution < 1.29 is 4.57 Å². The molecule has 2 saturated carbocycles. The first kappa shape index (κ1) is 29.7. The summed E-state index contributed by atoms with van der Waals surface area (Å²) < 4.78 is 12.6. The van der Waals surface area contributed by atoms with Gasteiger partial charge in [0.2, 0.25) is 0 Å². The van der Waals surface area contributed by atoms with Crippen molar-refractivity contribution in [2.45, 2.75) is 31.1 Å². The summed E-state index contributed by atoms with van der Waals surface area (Å²) in [5.74, 6) is 3.41. The van der Waals surface area contributed by atoms with E-state index in [-0.39, 0.29) is 5.41 Å². The largest absolute Gasteiger partial charge is 0.319 e. The number of fused-ring (bicyclic) bond motifs is 2. The first-order valence-electron chi connectivity index (χ1n) is 16.6. The molecule has 1 heterocycles. The lowest BCUT2D eigenvalue weighted by molar-refractivity contribution is 0.320. The summed E-state index contributed by atoms with van der Waals surface area (Å²) in [5.41, 5.74) is 8.05. The van der Waals surface area contributed by atoms with Crippen molar-refractivity contribution in [3.05, 3.63) is 145 Å².